The summed E-state index contributed by atoms with van der Waals surface area (Å²) in [5.41, 5.74) is 2.18. The fourth-order valence-corrected chi connectivity index (χ4v) is 3.32. The van der Waals surface area contributed by atoms with E-state index in [4.69, 9.17) is 0 Å². The van der Waals surface area contributed by atoms with Gasteiger partial charge in [0.25, 0.3) is 0 Å². The Morgan fingerprint density at radius 2 is 1.09 bits per heavy atom. The van der Waals surface area contributed by atoms with Gasteiger partial charge in [0.2, 0.25) is 0 Å². The van der Waals surface area contributed by atoms with Crippen LogP contribution in [0.1, 0.15) is 0 Å². The Hall–Kier alpha value is -3.58. The van der Waals surface area contributed by atoms with Crippen LogP contribution in [-0.4, -0.2) is 0 Å². The van der Waals surface area contributed by atoms with Crippen molar-refractivity contribution in [1.29, 1.82) is 0 Å². The van der Waals surface area contributed by atoms with Gasteiger partial charge >= 0.3 is 24.2 Å². The average Bonchev–Trinajstić information content (AvgIpc) is 2.79. The number of hydrogen-bond donors (Lipinski definition) is 0. The molecule has 0 bridgehead atoms. The van der Waals surface area contributed by atoms with Crippen LogP contribution in [0.25, 0.3) is 22.3 Å². The molecule has 0 aliphatic heterocycles. The van der Waals surface area contributed by atoms with E-state index in [2.05, 4.69) is 9.47 Å². The lowest BCUT2D eigenvalue weighted by Crippen LogP contribution is -2.01. The fraction of sp³-hybridized carbons (Fsp3) is 0. The van der Waals surface area contributed by atoms with Gasteiger partial charge in [-0.05, 0) is 47.0 Å². The standard InChI is InChI=1S/C22H11F6O3P/c23-19(24)21(27)30-14-8-4-12(5-9-14)16-2-1-3-17(32-29)18(16)13-6-10-15(11-7-13)31-22(28)20(25)26/h1-11H. The van der Waals surface area contributed by atoms with E-state index in [0.29, 0.717) is 27.6 Å². The molecular weight excluding hydrogens is 457 g/mol. The molecule has 0 aliphatic carbocycles. The first-order chi connectivity index (χ1) is 15.3. The van der Waals surface area contributed by atoms with Crippen LogP contribution in [0.5, 0.6) is 11.5 Å². The summed E-state index contributed by atoms with van der Waals surface area (Å²) < 4.78 is 95.3. The SMILES string of the molecule is O=Pc1cccc(-c2ccc(OC(F)=C(F)F)cc2)c1-c1ccc(OC(F)=C(F)F)cc1. The van der Waals surface area contributed by atoms with Crippen LogP contribution in [0.3, 0.4) is 0 Å². The van der Waals surface area contributed by atoms with Crippen molar-refractivity contribution < 1.29 is 40.4 Å². The third-order valence-electron chi connectivity index (χ3n) is 4.16. The molecule has 0 fully saturated rings. The molecular formula is C22H11F6O3P. The highest BCUT2D eigenvalue weighted by molar-refractivity contribution is 7.34. The first-order valence-corrected chi connectivity index (χ1v) is 9.56. The molecule has 164 valence electrons. The van der Waals surface area contributed by atoms with E-state index in [-0.39, 0.29) is 20.0 Å². The van der Waals surface area contributed by atoms with Crippen LogP contribution in [-0.2, 0) is 4.57 Å². The molecule has 0 atom stereocenters. The zero-order valence-corrected chi connectivity index (χ0v) is 16.7. The van der Waals surface area contributed by atoms with E-state index in [1.54, 1.807) is 18.2 Å². The summed E-state index contributed by atoms with van der Waals surface area (Å²) in [6, 6.07) is 11.9. The van der Waals surface area contributed by atoms with Gasteiger partial charge in [-0.2, -0.15) is 26.3 Å². The van der Waals surface area contributed by atoms with E-state index >= 15 is 0 Å². The Bertz CT molecular complexity index is 1180. The summed E-state index contributed by atoms with van der Waals surface area (Å²) in [5, 5.41) is 0.394. The van der Waals surface area contributed by atoms with Gasteiger partial charge in [-0.25, -0.2) is 0 Å². The molecule has 10 heteroatoms. The highest BCUT2D eigenvalue weighted by Gasteiger charge is 2.15. The Balaban J connectivity index is 1.99. The van der Waals surface area contributed by atoms with Crippen molar-refractivity contribution in [2.45, 2.75) is 0 Å². The molecule has 0 spiro atoms. The molecule has 32 heavy (non-hydrogen) atoms. The van der Waals surface area contributed by atoms with Crippen LogP contribution < -0.4 is 14.8 Å². The first kappa shape index (κ1) is 23.1. The van der Waals surface area contributed by atoms with Gasteiger partial charge in [0, 0.05) is 5.56 Å². The summed E-state index contributed by atoms with van der Waals surface area (Å²) >= 11 is 0. The van der Waals surface area contributed by atoms with E-state index in [0.717, 1.165) is 0 Å². The molecule has 0 radical (unpaired) electrons. The lowest BCUT2D eigenvalue weighted by Gasteiger charge is -2.13. The molecule has 0 aliphatic rings. The van der Waals surface area contributed by atoms with E-state index in [1.165, 1.54) is 48.5 Å². The van der Waals surface area contributed by atoms with Crippen molar-refractivity contribution in [3.8, 4) is 33.8 Å². The van der Waals surface area contributed by atoms with E-state index < -0.39 is 24.2 Å². The van der Waals surface area contributed by atoms with Crippen LogP contribution in [0, 0.1) is 0 Å². The van der Waals surface area contributed by atoms with Gasteiger partial charge < -0.3 is 9.47 Å². The Kier molecular flexibility index (Phi) is 7.33. The molecule has 3 nitrogen and oxygen atoms in total. The van der Waals surface area contributed by atoms with Gasteiger partial charge in [-0.1, -0.05) is 36.4 Å². The van der Waals surface area contributed by atoms with Crippen molar-refractivity contribution in [2.24, 2.45) is 0 Å². The quantitative estimate of drug-likeness (QED) is 0.202. The van der Waals surface area contributed by atoms with Crippen molar-refractivity contribution >= 4 is 13.8 Å². The summed E-state index contributed by atoms with van der Waals surface area (Å²) in [6.45, 7) is 0. The number of rotatable bonds is 7. The van der Waals surface area contributed by atoms with Crippen LogP contribution in [0.2, 0.25) is 0 Å². The number of halogens is 6. The van der Waals surface area contributed by atoms with Gasteiger partial charge in [0.15, 0.2) is 8.46 Å². The summed E-state index contributed by atoms with van der Waals surface area (Å²) in [5.74, 6) is -0.329. The second-order valence-electron chi connectivity index (χ2n) is 6.11. The molecule has 0 saturated heterocycles. The molecule has 3 rings (SSSR count). The van der Waals surface area contributed by atoms with E-state index in [1.807, 2.05) is 0 Å². The predicted octanol–water partition coefficient (Wildman–Crippen LogP) is 7.77. The third kappa shape index (κ3) is 5.36. The maximum Gasteiger partial charge on any atom is 0.344 e. The second kappa shape index (κ2) is 10.2. The predicted molar refractivity (Wildman–Crippen MR) is 107 cm³/mol. The van der Waals surface area contributed by atoms with Crippen molar-refractivity contribution in [3.05, 3.63) is 90.9 Å². The summed E-state index contributed by atoms with van der Waals surface area (Å²) in [4.78, 5) is 0. The van der Waals surface area contributed by atoms with Crippen LogP contribution in [0.4, 0.5) is 26.3 Å². The molecule has 3 aromatic carbocycles. The number of benzene rings is 3. The fourth-order valence-electron chi connectivity index (χ4n) is 2.84. The monoisotopic (exact) mass is 468 g/mol. The maximum absolute atomic E-state index is 13.0. The summed E-state index contributed by atoms with van der Waals surface area (Å²) in [6.07, 6.45) is -5.18. The lowest BCUT2D eigenvalue weighted by molar-refractivity contribution is 0.241. The first-order valence-electron chi connectivity index (χ1n) is 8.74. The van der Waals surface area contributed by atoms with Crippen LogP contribution in [0.15, 0.2) is 90.9 Å². The number of ether oxygens (including phenoxy) is 2. The maximum atomic E-state index is 13.0. The smallest absolute Gasteiger partial charge is 0.344 e. The zero-order chi connectivity index (χ0) is 23.3. The molecule has 0 N–H and O–H groups in total. The van der Waals surface area contributed by atoms with Crippen molar-refractivity contribution in [3.63, 3.8) is 0 Å². The van der Waals surface area contributed by atoms with Gasteiger partial charge in [0.05, 0.1) is 5.30 Å². The molecule has 0 heterocycles. The Morgan fingerprint density at radius 3 is 1.53 bits per heavy atom. The van der Waals surface area contributed by atoms with Gasteiger partial charge in [-0.3, -0.25) is 4.57 Å². The molecule has 0 unspecified atom stereocenters. The topological polar surface area (TPSA) is 35.5 Å². The molecule has 0 amide bonds. The van der Waals surface area contributed by atoms with E-state index in [9.17, 15) is 30.9 Å². The minimum atomic E-state index is -2.59. The van der Waals surface area contributed by atoms with Crippen LogP contribution >= 0.6 is 8.46 Å². The zero-order valence-electron chi connectivity index (χ0n) is 15.8. The molecule has 0 saturated carbocycles. The van der Waals surface area contributed by atoms with Crippen molar-refractivity contribution in [2.75, 3.05) is 0 Å². The Labute approximate surface area is 179 Å². The highest BCUT2D eigenvalue weighted by Crippen LogP contribution is 2.34. The minimum absolute atomic E-state index is 0.157. The highest BCUT2D eigenvalue weighted by atomic mass is 31.1. The second-order valence-corrected chi connectivity index (χ2v) is 6.78. The largest absolute Gasteiger partial charge is 0.428 e. The van der Waals surface area contributed by atoms with Crippen molar-refractivity contribution in [1.82, 2.24) is 0 Å². The van der Waals surface area contributed by atoms with Gasteiger partial charge in [0.1, 0.15) is 11.5 Å². The average molecular weight is 468 g/mol. The normalized spacial score (nSPS) is 10.6. The van der Waals surface area contributed by atoms with Gasteiger partial charge in [-0.15, -0.1) is 0 Å². The molecule has 0 aromatic heterocycles. The molecule has 3 aromatic rings. The number of hydrogen-bond acceptors (Lipinski definition) is 3. The summed E-state index contributed by atoms with van der Waals surface area (Å²) in [7, 11) is -0.307. The Morgan fingerprint density at radius 1 is 0.625 bits per heavy atom. The third-order valence-corrected chi connectivity index (χ3v) is 4.73. The lowest BCUT2D eigenvalue weighted by atomic mass is 9.94. The minimum Gasteiger partial charge on any atom is -0.428 e.